The molecule has 0 radical (unpaired) electrons. The van der Waals surface area contributed by atoms with Crippen molar-refractivity contribution in [1.82, 2.24) is 4.90 Å². The number of carbonyl (C=O) groups excluding carboxylic acids is 2. The third-order valence-corrected chi connectivity index (χ3v) is 5.85. The Hall–Kier alpha value is -3.78. The van der Waals surface area contributed by atoms with E-state index in [0.717, 1.165) is 5.56 Å². The van der Waals surface area contributed by atoms with E-state index in [9.17, 15) is 18.4 Å². The van der Waals surface area contributed by atoms with E-state index in [1.807, 2.05) is 60.7 Å². The van der Waals surface area contributed by atoms with Gasteiger partial charge in [0, 0.05) is 0 Å². The molecule has 5 rings (SSSR count). The van der Waals surface area contributed by atoms with Gasteiger partial charge in [-0.05, 0) is 35.4 Å². The molecular formula is C25H20F2N2O4. The summed E-state index contributed by atoms with van der Waals surface area (Å²) in [7, 11) is 0. The molecule has 8 heteroatoms. The molecule has 0 N–H and O–H groups in total. The molecule has 0 saturated carbocycles. The van der Waals surface area contributed by atoms with Crippen LogP contribution in [0.25, 0.3) is 0 Å². The molecule has 2 saturated heterocycles. The number of rotatable bonds is 6. The lowest BCUT2D eigenvalue weighted by Gasteiger charge is -2.28. The third kappa shape index (κ3) is 3.93. The van der Waals surface area contributed by atoms with Crippen LogP contribution >= 0.6 is 0 Å². The summed E-state index contributed by atoms with van der Waals surface area (Å²) in [5, 5.41) is 1.56. The highest BCUT2D eigenvalue weighted by atomic mass is 19.3. The van der Waals surface area contributed by atoms with E-state index in [1.54, 1.807) is 17.2 Å². The zero-order valence-electron chi connectivity index (χ0n) is 17.4. The molecule has 33 heavy (non-hydrogen) atoms. The molecular weight excluding hydrogens is 430 g/mol. The first-order valence-corrected chi connectivity index (χ1v) is 10.5. The summed E-state index contributed by atoms with van der Waals surface area (Å²) >= 11 is 0. The maximum atomic E-state index is 13.4. The van der Waals surface area contributed by atoms with Gasteiger partial charge in [-0.1, -0.05) is 60.7 Å². The van der Waals surface area contributed by atoms with Crippen molar-refractivity contribution in [2.45, 2.75) is 25.3 Å². The predicted molar refractivity (Wildman–Crippen MR) is 115 cm³/mol. The van der Waals surface area contributed by atoms with Crippen LogP contribution in [0.3, 0.4) is 0 Å². The highest BCUT2D eigenvalue weighted by Crippen LogP contribution is 2.47. The predicted octanol–water partition coefficient (Wildman–Crippen LogP) is 4.33. The summed E-state index contributed by atoms with van der Waals surface area (Å²) in [5.41, 5.74) is 2.17. The number of benzene rings is 3. The Morgan fingerprint density at radius 3 is 2.12 bits per heavy atom. The van der Waals surface area contributed by atoms with Crippen LogP contribution in [0.2, 0.25) is 0 Å². The normalized spacial score (nSPS) is 22.2. The second kappa shape index (κ2) is 8.63. The molecule has 2 fully saturated rings. The number of imide groups is 1. The fourth-order valence-electron chi connectivity index (χ4n) is 4.38. The maximum Gasteiger partial charge on any atom is 0.387 e. The van der Waals surface area contributed by atoms with Crippen molar-refractivity contribution in [3.63, 3.8) is 0 Å². The van der Waals surface area contributed by atoms with Gasteiger partial charge < -0.3 is 4.74 Å². The largest absolute Gasteiger partial charge is 0.435 e. The molecule has 2 heterocycles. The molecule has 3 atom stereocenters. The number of halogens is 2. The molecule has 0 aliphatic carbocycles. The van der Waals surface area contributed by atoms with E-state index in [-0.39, 0.29) is 18.2 Å². The summed E-state index contributed by atoms with van der Waals surface area (Å²) in [4.78, 5) is 33.9. The number of para-hydroxylation sites is 1. The summed E-state index contributed by atoms with van der Waals surface area (Å²) in [6, 6.07) is 23.9. The number of ether oxygens (including phenoxy) is 1. The average Bonchev–Trinajstić information content (AvgIpc) is 3.33. The molecule has 0 unspecified atom stereocenters. The van der Waals surface area contributed by atoms with Gasteiger partial charge >= 0.3 is 6.61 Å². The van der Waals surface area contributed by atoms with Gasteiger partial charge in [-0.3, -0.25) is 19.3 Å². The number of alkyl halides is 2. The van der Waals surface area contributed by atoms with Crippen molar-refractivity contribution in [3.8, 4) is 5.75 Å². The van der Waals surface area contributed by atoms with E-state index < -0.39 is 30.6 Å². The lowest BCUT2D eigenvalue weighted by Crippen LogP contribution is -2.36. The Balaban J connectivity index is 1.49. The van der Waals surface area contributed by atoms with Crippen molar-refractivity contribution >= 4 is 17.5 Å². The van der Waals surface area contributed by atoms with Gasteiger partial charge in [-0.15, -0.1) is 0 Å². The second-order valence-electron chi connectivity index (χ2n) is 7.85. The highest BCUT2D eigenvalue weighted by molar-refractivity contribution is 6.07. The number of amides is 2. The molecule has 3 aromatic carbocycles. The van der Waals surface area contributed by atoms with E-state index in [2.05, 4.69) is 4.74 Å². The number of anilines is 1. The molecule has 0 bridgehead atoms. The van der Waals surface area contributed by atoms with Crippen molar-refractivity contribution in [2.24, 2.45) is 5.92 Å². The SMILES string of the molecule is O=C1[C@H]2[C@H](ON(c3ccccc3)[C@@H]2c2ccc(OC(F)F)cc2)C(=O)N1Cc1ccccc1. The van der Waals surface area contributed by atoms with Crippen LogP contribution in [-0.2, 0) is 21.0 Å². The highest BCUT2D eigenvalue weighted by Gasteiger charge is 2.59. The number of hydroxylamine groups is 1. The number of hydrogen-bond donors (Lipinski definition) is 0. The van der Waals surface area contributed by atoms with Gasteiger partial charge in [-0.2, -0.15) is 8.78 Å². The zero-order chi connectivity index (χ0) is 22.9. The first-order valence-electron chi connectivity index (χ1n) is 10.5. The Morgan fingerprint density at radius 2 is 1.48 bits per heavy atom. The Kier molecular flexibility index (Phi) is 5.51. The van der Waals surface area contributed by atoms with E-state index in [1.165, 1.54) is 17.0 Å². The van der Waals surface area contributed by atoms with Crippen LogP contribution in [0.15, 0.2) is 84.9 Å². The van der Waals surface area contributed by atoms with E-state index in [4.69, 9.17) is 4.84 Å². The van der Waals surface area contributed by atoms with Crippen molar-refractivity contribution < 1.29 is 27.9 Å². The first-order chi connectivity index (χ1) is 16.0. The van der Waals surface area contributed by atoms with Crippen molar-refractivity contribution in [1.29, 1.82) is 0 Å². The van der Waals surface area contributed by atoms with Gasteiger partial charge in [0.25, 0.3) is 5.91 Å². The molecule has 2 amide bonds. The minimum atomic E-state index is -2.93. The number of fused-ring (bicyclic) bond motifs is 1. The van der Waals surface area contributed by atoms with Crippen LogP contribution < -0.4 is 9.80 Å². The summed E-state index contributed by atoms with van der Waals surface area (Å²) in [6.07, 6.45) is -0.969. The van der Waals surface area contributed by atoms with Gasteiger partial charge in [0.1, 0.15) is 11.7 Å². The molecule has 0 spiro atoms. The van der Waals surface area contributed by atoms with E-state index in [0.29, 0.717) is 11.3 Å². The van der Waals surface area contributed by atoms with Crippen LogP contribution in [0, 0.1) is 5.92 Å². The summed E-state index contributed by atoms with van der Waals surface area (Å²) in [5.74, 6) is -1.49. The van der Waals surface area contributed by atoms with Crippen LogP contribution in [0.1, 0.15) is 17.2 Å². The van der Waals surface area contributed by atoms with E-state index >= 15 is 0 Å². The Labute approximate surface area is 188 Å². The number of nitrogens with zero attached hydrogens (tertiary/aromatic N) is 2. The van der Waals surface area contributed by atoms with Gasteiger partial charge in [0.2, 0.25) is 5.91 Å². The molecule has 2 aliphatic rings. The average molecular weight is 450 g/mol. The number of hydrogen-bond acceptors (Lipinski definition) is 5. The standard InChI is InChI=1S/C25H20F2N2O4/c26-25(27)32-19-13-11-17(12-14-19)21-20-22(33-29(21)18-9-5-2-6-10-18)24(31)28(23(20)30)15-16-7-3-1-4-8-16/h1-14,20-22,25H,15H2/t20-,21-,22+/m1/s1. The van der Waals surface area contributed by atoms with Crippen LogP contribution in [0.5, 0.6) is 5.75 Å². The molecule has 168 valence electrons. The molecule has 2 aliphatic heterocycles. The Bertz CT molecular complexity index is 1140. The van der Waals surface area contributed by atoms with Crippen molar-refractivity contribution in [3.05, 3.63) is 96.1 Å². The van der Waals surface area contributed by atoms with Gasteiger partial charge in [0.05, 0.1) is 18.3 Å². The quantitative estimate of drug-likeness (QED) is 0.523. The Morgan fingerprint density at radius 1 is 0.848 bits per heavy atom. The third-order valence-electron chi connectivity index (χ3n) is 5.85. The lowest BCUT2D eigenvalue weighted by molar-refractivity contribution is -0.143. The van der Waals surface area contributed by atoms with Gasteiger partial charge in [-0.25, -0.2) is 5.06 Å². The minimum Gasteiger partial charge on any atom is -0.435 e. The monoisotopic (exact) mass is 450 g/mol. The smallest absolute Gasteiger partial charge is 0.387 e. The lowest BCUT2D eigenvalue weighted by atomic mass is 9.90. The fourth-order valence-corrected chi connectivity index (χ4v) is 4.38. The number of likely N-dealkylation sites (tertiary alicyclic amines) is 1. The second-order valence-corrected chi connectivity index (χ2v) is 7.85. The molecule has 0 aromatic heterocycles. The zero-order valence-corrected chi connectivity index (χ0v) is 17.4. The first kappa shape index (κ1) is 21.1. The van der Waals surface area contributed by atoms with Crippen LogP contribution in [-0.4, -0.2) is 29.4 Å². The van der Waals surface area contributed by atoms with Crippen LogP contribution in [0.4, 0.5) is 14.5 Å². The maximum absolute atomic E-state index is 13.4. The molecule has 6 nitrogen and oxygen atoms in total. The summed E-state index contributed by atoms with van der Waals surface area (Å²) in [6.45, 7) is -2.77. The van der Waals surface area contributed by atoms with Crippen molar-refractivity contribution in [2.75, 3.05) is 5.06 Å². The minimum absolute atomic E-state index is 0.00926. The topological polar surface area (TPSA) is 59.1 Å². The number of carbonyl (C=O) groups is 2. The summed E-state index contributed by atoms with van der Waals surface area (Å²) < 4.78 is 29.6. The fraction of sp³-hybridized carbons (Fsp3) is 0.200. The molecule has 3 aromatic rings. The van der Waals surface area contributed by atoms with Gasteiger partial charge in [0.15, 0.2) is 6.10 Å².